The van der Waals surface area contributed by atoms with E-state index in [1.165, 1.54) is 0 Å². The first kappa shape index (κ1) is 17.3. The van der Waals surface area contributed by atoms with Crippen molar-refractivity contribution in [3.63, 3.8) is 0 Å². The van der Waals surface area contributed by atoms with E-state index >= 15 is 0 Å². The Morgan fingerprint density at radius 2 is 1.87 bits per heavy atom. The van der Waals surface area contributed by atoms with E-state index in [0.717, 1.165) is 5.56 Å². The highest BCUT2D eigenvalue weighted by molar-refractivity contribution is 9.10. The average Bonchev–Trinajstić information content (AvgIpc) is 2.54. The average molecular weight is 398 g/mol. The predicted octanol–water partition coefficient (Wildman–Crippen LogP) is 3.16. The van der Waals surface area contributed by atoms with E-state index in [-0.39, 0.29) is 12.2 Å². The third-order valence-electron chi connectivity index (χ3n) is 2.97. The zero-order valence-electron chi connectivity index (χ0n) is 12.0. The summed E-state index contributed by atoms with van der Waals surface area (Å²) in [5.41, 5.74) is 7.11. The molecule has 2 aromatic rings. The summed E-state index contributed by atoms with van der Waals surface area (Å²) in [4.78, 5) is 23.6. The van der Waals surface area contributed by atoms with Crippen molar-refractivity contribution in [3.8, 4) is 0 Å². The van der Waals surface area contributed by atoms with Crippen LogP contribution >= 0.6 is 27.5 Å². The molecule has 0 fully saturated rings. The number of nitrogens with one attached hydrogen (secondary N) is 1. The molecule has 0 spiro atoms. The van der Waals surface area contributed by atoms with Gasteiger partial charge >= 0.3 is 5.97 Å². The minimum absolute atomic E-state index is 0.213. The number of benzene rings is 2. The van der Waals surface area contributed by atoms with E-state index in [0.29, 0.717) is 21.7 Å². The summed E-state index contributed by atoms with van der Waals surface area (Å²) >= 11 is 9.03. The van der Waals surface area contributed by atoms with Crippen LogP contribution in [0.15, 0.2) is 46.9 Å². The van der Waals surface area contributed by atoms with Crippen LogP contribution in [-0.4, -0.2) is 18.5 Å². The molecule has 0 heterocycles. The summed E-state index contributed by atoms with van der Waals surface area (Å²) in [6.45, 7) is -0.0506. The lowest BCUT2D eigenvalue weighted by molar-refractivity contribution is -0.124. The first-order chi connectivity index (χ1) is 11.0. The van der Waals surface area contributed by atoms with Gasteiger partial charge in [-0.1, -0.05) is 39.7 Å². The molecule has 0 saturated heterocycles. The lowest BCUT2D eigenvalue weighted by Crippen LogP contribution is -2.28. The van der Waals surface area contributed by atoms with Crippen LogP contribution in [0, 0.1) is 0 Å². The van der Waals surface area contributed by atoms with E-state index < -0.39 is 11.9 Å². The zero-order chi connectivity index (χ0) is 16.8. The van der Waals surface area contributed by atoms with Crippen molar-refractivity contribution in [1.29, 1.82) is 0 Å². The number of hydrogen-bond donors (Lipinski definition) is 2. The van der Waals surface area contributed by atoms with Gasteiger partial charge < -0.3 is 15.8 Å². The Bertz CT molecular complexity index is 720. The number of anilines is 1. The molecule has 7 heteroatoms. The van der Waals surface area contributed by atoms with Gasteiger partial charge in [0.15, 0.2) is 6.61 Å². The van der Waals surface area contributed by atoms with Gasteiger partial charge in [-0.15, -0.1) is 0 Å². The molecule has 2 rings (SSSR count). The van der Waals surface area contributed by atoms with Crippen LogP contribution in [0.1, 0.15) is 15.9 Å². The largest absolute Gasteiger partial charge is 0.452 e. The molecule has 3 N–H and O–H groups in total. The number of rotatable bonds is 5. The Hall–Kier alpha value is -2.05. The normalized spacial score (nSPS) is 10.2. The fraction of sp³-hybridized carbons (Fsp3) is 0.125. The summed E-state index contributed by atoms with van der Waals surface area (Å²) in [7, 11) is 0. The van der Waals surface area contributed by atoms with Gasteiger partial charge in [0.05, 0.1) is 5.56 Å². The van der Waals surface area contributed by atoms with E-state index in [2.05, 4.69) is 21.2 Å². The topological polar surface area (TPSA) is 81.4 Å². The number of nitrogens with two attached hydrogens (primary N) is 1. The van der Waals surface area contributed by atoms with E-state index in [4.69, 9.17) is 22.1 Å². The number of ether oxygens (including phenoxy) is 1. The monoisotopic (exact) mass is 396 g/mol. The third kappa shape index (κ3) is 5.26. The van der Waals surface area contributed by atoms with Crippen molar-refractivity contribution >= 4 is 45.1 Å². The Morgan fingerprint density at radius 1 is 1.17 bits per heavy atom. The smallest absolute Gasteiger partial charge is 0.340 e. The number of carbonyl (C=O) groups is 2. The van der Waals surface area contributed by atoms with Crippen molar-refractivity contribution in [1.82, 2.24) is 5.32 Å². The van der Waals surface area contributed by atoms with Crippen LogP contribution in [0.25, 0.3) is 0 Å². The van der Waals surface area contributed by atoms with Gasteiger partial charge in [0.2, 0.25) is 0 Å². The summed E-state index contributed by atoms with van der Waals surface area (Å²) in [6, 6.07) is 11.9. The number of halogens is 2. The van der Waals surface area contributed by atoms with Crippen LogP contribution in [0.5, 0.6) is 0 Å². The Kier molecular flexibility index (Phi) is 6.01. The van der Waals surface area contributed by atoms with E-state index in [1.54, 1.807) is 42.5 Å². The van der Waals surface area contributed by atoms with Crippen LogP contribution in [0.4, 0.5) is 5.69 Å². The molecule has 0 unspecified atom stereocenters. The highest BCUT2D eigenvalue weighted by atomic mass is 79.9. The molecule has 1 amide bonds. The van der Waals surface area contributed by atoms with Gasteiger partial charge in [-0.3, -0.25) is 4.79 Å². The lowest BCUT2D eigenvalue weighted by Gasteiger charge is -2.08. The van der Waals surface area contributed by atoms with Crippen molar-refractivity contribution in [2.45, 2.75) is 6.54 Å². The van der Waals surface area contributed by atoms with Gasteiger partial charge in [-0.05, 0) is 35.9 Å². The molecule has 0 saturated carbocycles. The summed E-state index contributed by atoms with van der Waals surface area (Å²) < 4.78 is 5.66. The molecule has 0 aliphatic heterocycles. The van der Waals surface area contributed by atoms with Gasteiger partial charge in [-0.2, -0.15) is 0 Å². The second kappa shape index (κ2) is 7.99. The Morgan fingerprint density at radius 3 is 2.57 bits per heavy atom. The van der Waals surface area contributed by atoms with Crippen molar-refractivity contribution in [2.24, 2.45) is 0 Å². The molecule has 120 valence electrons. The first-order valence-electron chi connectivity index (χ1n) is 6.69. The summed E-state index contributed by atoms with van der Waals surface area (Å²) in [5, 5.41) is 3.28. The Labute approximate surface area is 146 Å². The number of hydrogen-bond acceptors (Lipinski definition) is 4. The summed E-state index contributed by atoms with van der Waals surface area (Å²) in [6.07, 6.45) is 0. The molecule has 0 bridgehead atoms. The molecule has 0 aromatic heterocycles. The SMILES string of the molecule is Nc1ccc(Br)cc1C(=O)OCC(=O)NCc1ccc(Cl)cc1. The van der Waals surface area contributed by atoms with Gasteiger partial charge in [0.25, 0.3) is 5.91 Å². The second-order valence-electron chi connectivity index (χ2n) is 4.71. The van der Waals surface area contributed by atoms with Gasteiger partial charge in [-0.25, -0.2) is 4.79 Å². The lowest BCUT2D eigenvalue weighted by atomic mass is 10.2. The molecule has 0 aliphatic rings. The molecule has 23 heavy (non-hydrogen) atoms. The molecular weight excluding hydrogens is 384 g/mol. The molecular formula is C16H14BrClN2O3. The van der Waals surface area contributed by atoms with E-state index in [9.17, 15) is 9.59 Å². The molecule has 0 aliphatic carbocycles. The van der Waals surface area contributed by atoms with Crippen molar-refractivity contribution in [2.75, 3.05) is 12.3 Å². The standard InChI is InChI=1S/C16H14BrClN2O3/c17-11-3-6-14(19)13(7-11)16(22)23-9-15(21)20-8-10-1-4-12(18)5-2-10/h1-7H,8-9,19H2,(H,20,21). The summed E-state index contributed by atoms with van der Waals surface area (Å²) in [5.74, 6) is -1.05. The predicted molar refractivity (Wildman–Crippen MR) is 92.1 cm³/mol. The highest BCUT2D eigenvalue weighted by Gasteiger charge is 2.13. The van der Waals surface area contributed by atoms with Gasteiger partial charge in [0, 0.05) is 21.7 Å². The number of nitrogen functional groups attached to an aromatic ring is 1. The van der Waals surface area contributed by atoms with Crippen molar-refractivity contribution < 1.29 is 14.3 Å². The fourth-order valence-corrected chi connectivity index (χ4v) is 2.26. The van der Waals surface area contributed by atoms with Crippen LogP contribution in [0.3, 0.4) is 0 Å². The first-order valence-corrected chi connectivity index (χ1v) is 7.86. The minimum atomic E-state index is -0.648. The fourth-order valence-electron chi connectivity index (χ4n) is 1.77. The maximum absolute atomic E-state index is 11.9. The number of amides is 1. The van der Waals surface area contributed by atoms with Crippen molar-refractivity contribution in [3.05, 3.63) is 63.1 Å². The van der Waals surface area contributed by atoms with Gasteiger partial charge in [0.1, 0.15) is 0 Å². The maximum atomic E-state index is 11.9. The number of carbonyl (C=O) groups excluding carboxylic acids is 2. The maximum Gasteiger partial charge on any atom is 0.340 e. The molecule has 0 atom stereocenters. The van der Waals surface area contributed by atoms with E-state index in [1.807, 2.05) is 0 Å². The third-order valence-corrected chi connectivity index (χ3v) is 3.72. The Balaban J connectivity index is 1.83. The quantitative estimate of drug-likeness (QED) is 0.600. The zero-order valence-corrected chi connectivity index (χ0v) is 14.4. The minimum Gasteiger partial charge on any atom is -0.452 e. The highest BCUT2D eigenvalue weighted by Crippen LogP contribution is 2.19. The second-order valence-corrected chi connectivity index (χ2v) is 6.06. The molecule has 0 radical (unpaired) electrons. The number of esters is 1. The van der Waals surface area contributed by atoms with Crippen LogP contribution < -0.4 is 11.1 Å². The van der Waals surface area contributed by atoms with Crippen LogP contribution in [-0.2, 0) is 16.1 Å². The van der Waals surface area contributed by atoms with Crippen LogP contribution in [0.2, 0.25) is 5.02 Å². The molecule has 5 nitrogen and oxygen atoms in total. The molecule has 2 aromatic carbocycles.